The summed E-state index contributed by atoms with van der Waals surface area (Å²) in [6.07, 6.45) is 0. The Morgan fingerprint density at radius 2 is 1.68 bits per heavy atom. The summed E-state index contributed by atoms with van der Waals surface area (Å²) >= 11 is 1.73. The average molecular weight is 390 g/mol. The summed E-state index contributed by atoms with van der Waals surface area (Å²) in [5.41, 5.74) is 4.64. The molecule has 2 heterocycles. The van der Waals surface area contributed by atoms with Crippen LogP contribution in [-0.2, 0) is 19.6 Å². The Hall–Kier alpha value is -3.05. The maximum Gasteiger partial charge on any atom is 0.315 e. The Balaban J connectivity index is 1.58. The molecule has 4 rings (SSSR count). The Bertz CT molecular complexity index is 1070. The van der Waals surface area contributed by atoms with Crippen LogP contribution in [0.2, 0.25) is 0 Å². The molecule has 0 saturated heterocycles. The second-order valence-corrected chi connectivity index (χ2v) is 7.54. The minimum Gasteiger partial charge on any atom is -0.340 e. The zero-order valence-electron chi connectivity index (χ0n) is 15.8. The van der Waals surface area contributed by atoms with Gasteiger partial charge in [-0.05, 0) is 30.0 Å². The predicted octanol–water partition coefficient (Wildman–Crippen LogP) is 5.39. The van der Waals surface area contributed by atoms with Crippen molar-refractivity contribution in [1.29, 1.82) is 0 Å². The van der Waals surface area contributed by atoms with Gasteiger partial charge in [0.25, 0.3) is 0 Å². The highest BCUT2D eigenvalue weighted by molar-refractivity contribution is 7.13. The molecule has 5 heteroatoms. The molecule has 142 valence electrons. The molecule has 28 heavy (non-hydrogen) atoms. The van der Waals surface area contributed by atoms with E-state index in [-0.39, 0.29) is 6.03 Å². The van der Waals surface area contributed by atoms with Gasteiger partial charge in [0, 0.05) is 36.1 Å². The largest absolute Gasteiger partial charge is 0.340 e. The number of urea groups is 1. The first-order valence-corrected chi connectivity index (χ1v) is 10.4. The van der Waals surface area contributed by atoms with Crippen molar-refractivity contribution in [2.24, 2.45) is 0 Å². The third kappa shape index (κ3) is 3.66. The molecule has 4 aromatic rings. The van der Waals surface area contributed by atoms with Crippen molar-refractivity contribution in [2.45, 2.75) is 26.6 Å². The van der Waals surface area contributed by atoms with E-state index in [1.54, 1.807) is 11.3 Å². The Kier molecular flexibility index (Phi) is 5.44. The van der Waals surface area contributed by atoms with Crippen LogP contribution in [0.3, 0.4) is 0 Å². The summed E-state index contributed by atoms with van der Waals surface area (Å²) in [5, 5.41) is 9.27. The van der Waals surface area contributed by atoms with Crippen LogP contribution in [0.25, 0.3) is 21.5 Å². The number of aromatic nitrogens is 1. The quantitative estimate of drug-likeness (QED) is 0.456. The topological polar surface area (TPSA) is 46.1 Å². The molecular weight excluding hydrogens is 366 g/mol. The van der Waals surface area contributed by atoms with Crippen molar-refractivity contribution in [3.63, 3.8) is 0 Å². The van der Waals surface area contributed by atoms with Crippen LogP contribution in [-0.4, -0.2) is 10.6 Å². The molecule has 2 amide bonds. The molecule has 0 fully saturated rings. The summed E-state index contributed by atoms with van der Waals surface area (Å²) in [6, 6.07) is 22.4. The van der Waals surface area contributed by atoms with Crippen molar-refractivity contribution in [3.8, 4) is 10.6 Å². The normalized spacial score (nSPS) is 10.9. The molecule has 0 aliphatic carbocycles. The van der Waals surface area contributed by atoms with Crippen LogP contribution in [0.5, 0.6) is 0 Å². The van der Waals surface area contributed by atoms with Crippen LogP contribution in [0, 0.1) is 0 Å². The number of aryl methyl sites for hydroxylation is 1. The van der Waals surface area contributed by atoms with E-state index in [0.29, 0.717) is 13.1 Å². The zero-order chi connectivity index (χ0) is 19.3. The lowest BCUT2D eigenvalue weighted by Gasteiger charge is -2.11. The Morgan fingerprint density at radius 1 is 0.929 bits per heavy atom. The van der Waals surface area contributed by atoms with E-state index >= 15 is 0 Å². The highest BCUT2D eigenvalue weighted by Crippen LogP contribution is 2.36. The van der Waals surface area contributed by atoms with Crippen LogP contribution in [0.4, 0.5) is 4.79 Å². The number of hydrogen-bond donors (Lipinski definition) is 2. The van der Waals surface area contributed by atoms with E-state index in [1.165, 1.54) is 21.5 Å². The molecule has 0 aliphatic heterocycles. The standard InChI is InChI=1S/C23H23N3OS/c1-2-26-20-12-7-6-11-18(20)19(22(26)21-13-8-14-28-21)16-25-23(27)24-15-17-9-4-3-5-10-17/h3-14H,2,15-16H2,1H3,(H2,24,25,27). The van der Waals surface area contributed by atoms with E-state index in [0.717, 1.165) is 17.7 Å². The van der Waals surface area contributed by atoms with E-state index in [2.05, 4.69) is 63.9 Å². The van der Waals surface area contributed by atoms with Gasteiger partial charge in [-0.1, -0.05) is 54.6 Å². The summed E-state index contributed by atoms with van der Waals surface area (Å²) in [5.74, 6) is 0. The van der Waals surface area contributed by atoms with Crippen molar-refractivity contribution < 1.29 is 4.79 Å². The summed E-state index contributed by atoms with van der Waals surface area (Å²) < 4.78 is 2.33. The maximum absolute atomic E-state index is 12.4. The number of nitrogens with zero attached hydrogens (tertiary/aromatic N) is 1. The van der Waals surface area contributed by atoms with Crippen LogP contribution in [0.1, 0.15) is 18.1 Å². The van der Waals surface area contributed by atoms with E-state index in [4.69, 9.17) is 0 Å². The number of benzene rings is 2. The molecule has 0 radical (unpaired) electrons. The molecule has 0 unspecified atom stereocenters. The highest BCUT2D eigenvalue weighted by Gasteiger charge is 2.18. The first kappa shape index (κ1) is 18.3. The second-order valence-electron chi connectivity index (χ2n) is 6.59. The molecule has 2 N–H and O–H groups in total. The molecule has 0 atom stereocenters. The number of nitrogens with one attached hydrogen (secondary N) is 2. The first-order chi connectivity index (χ1) is 13.8. The molecule has 2 aromatic carbocycles. The molecule has 0 bridgehead atoms. The van der Waals surface area contributed by atoms with Gasteiger partial charge < -0.3 is 15.2 Å². The van der Waals surface area contributed by atoms with Crippen molar-refractivity contribution in [2.75, 3.05) is 0 Å². The van der Waals surface area contributed by atoms with Crippen molar-refractivity contribution >= 4 is 28.3 Å². The lowest BCUT2D eigenvalue weighted by atomic mass is 10.1. The van der Waals surface area contributed by atoms with Gasteiger partial charge in [-0.25, -0.2) is 4.79 Å². The van der Waals surface area contributed by atoms with E-state index < -0.39 is 0 Å². The molecular formula is C23H23N3OS. The van der Waals surface area contributed by atoms with Gasteiger partial charge in [0.15, 0.2) is 0 Å². The predicted molar refractivity (Wildman–Crippen MR) is 116 cm³/mol. The van der Waals surface area contributed by atoms with Crippen LogP contribution >= 0.6 is 11.3 Å². The third-order valence-corrected chi connectivity index (χ3v) is 5.74. The fourth-order valence-corrected chi connectivity index (χ4v) is 4.39. The van der Waals surface area contributed by atoms with Gasteiger partial charge >= 0.3 is 6.03 Å². The van der Waals surface area contributed by atoms with Gasteiger partial charge in [-0.3, -0.25) is 0 Å². The van der Waals surface area contributed by atoms with Gasteiger partial charge in [0.05, 0.1) is 10.6 Å². The first-order valence-electron chi connectivity index (χ1n) is 9.47. The highest BCUT2D eigenvalue weighted by atomic mass is 32.1. The molecule has 0 aliphatic rings. The van der Waals surface area contributed by atoms with E-state index in [9.17, 15) is 4.79 Å². The maximum atomic E-state index is 12.4. The minimum absolute atomic E-state index is 0.158. The van der Waals surface area contributed by atoms with Gasteiger partial charge in [-0.15, -0.1) is 11.3 Å². The number of thiophene rings is 1. The summed E-state index contributed by atoms with van der Waals surface area (Å²) in [7, 11) is 0. The zero-order valence-corrected chi connectivity index (χ0v) is 16.6. The Labute approximate surface area is 168 Å². The average Bonchev–Trinajstić information content (AvgIpc) is 3.37. The number of carbonyl (C=O) groups is 1. The lowest BCUT2D eigenvalue weighted by Crippen LogP contribution is -2.34. The number of fused-ring (bicyclic) bond motifs is 1. The number of carbonyl (C=O) groups excluding carboxylic acids is 1. The van der Waals surface area contributed by atoms with Gasteiger partial charge in [0.1, 0.15) is 0 Å². The number of hydrogen-bond acceptors (Lipinski definition) is 2. The number of rotatable bonds is 6. The van der Waals surface area contributed by atoms with Crippen LogP contribution < -0.4 is 10.6 Å². The fourth-order valence-electron chi connectivity index (χ4n) is 3.59. The fraction of sp³-hybridized carbons (Fsp3) is 0.174. The molecule has 0 saturated carbocycles. The molecule has 4 nitrogen and oxygen atoms in total. The number of amides is 2. The molecule has 2 aromatic heterocycles. The summed E-state index contributed by atoms with van der Waals surface area (Å²) in [6.45, 7) is 4.05. The van der Waals surface area contributed by atoms with Crippen molar-refractivity contribution in [1.82, 2.24) is 15.2 Å². The van der Waals surface area contributed by atoms with E-state index in [1.807, 2.05) is 30.3 Å². The summed E-state index contributed by atoms with van der Waals surface area (Å²) in [4.78, 5) is 13.6. The second kappa shape index (κ2) is 8.31. The van der Waals surface area contributed by atoms with Crippen LogP contribution in [0.15, 0.2) is 72.1 Å². The molecule has 0 spiro atoms. The van der Waals surface area contributed by atoms with Gasteiger partial charge in [-0.2, -0.15) is 0 Å². The smallest absolute Gasteiger partial charge is 0.315 e. The Morgan fingerprint density at radius 3 is 2.43 bits per heavy atom. The van der Waals surface area contributed by atoms with Gasteiger partial charge in [0.2, 0.25) is 0 Å². The minimum atomic E-state index is -0.158. The monoisotopic (exact) mass is 389 g/mol. The SMILES string of the molecule is CCn1c(-c2cccs2)c(CNC(=O)NCc2ccccc2)c2ccccc21. The lowest BCUT2D eigenvalue weighted by molar-refractivity contribution is 0.240. The third-order valence-electron chi connectivity index (χ3n) is 4.87. The van der Waals surface area contributed by atoms with Crippen molar-refractivity contribution in [3.05, 3.63) is 83.2 Å². The number of para-hydroxylation sites is 1.